The first kappa shape index (κ1) is 19.1. The molecule has 0 saturated heterocycles. The molecule has 110 valence electrons. The number of carbonyl (C=O) groups is 1. The van der Waals surface area contributed by atoms with Crippen LogP contribution in [-0.2, 0) is 4.79 Å². The number of carboxylic acids is 1. The fraction of sp³-hybridized carbons (Fsp3) is 0.389. The second kappa shape index (κ2) is 14.5. The minimum Gasteiger partial charge on any atom is -0.481 e. The zero-order valence-corrected chi connectivity index (χ0v) is 13.6. The van der Waals surface area contributed by atoms with Crippen molar-refractivity contribution in [2.24, 2.45) is 0 Å². The largest absolute Gasteiger partial charge is 0.481 e. The van der Waals surface area contributed by atoms with Gasteiger partial charge in [-0.1, -0.05) is 39.8 Å². The molecule has 0 aromatic carbocycles. The molecular weight excluding hydrogens is 328 g/mol. The number of hydrogen-bond acceptors (Lipinski definition) is 1. The summed E-state index contributed by atoms with van der Waals surface area (Å²) in [6, 6.07) is 0. The highest BCUT2D eigenvalue weighted by atomic mass is 79.9. The number of hydrogen-bond donors (Lipinski definition) is 1. The van der Waals surface area contributed by atoms with Gasteiger partial charge in [0.25, 0.3) is 0 Å². The topological polar surface area (TPSA) is 37.3 Å². The Kier molecular flexibility index (Phi) is 13.2. The van der Waals surface area contributed by atoms with E-state index in [9.17, 15) is 4.79 Å². The standard InChI is InChI=1S/C18H19BrO2/c1-2-3-4-5-6-7-8-9-10-11-14-17(19)15-12-13-16-18(20)21/h1,3-4,15H,9-14,16H2,(H,20,21). The van der Waals surface area contributed by atoms with Crippen LogP contribution in [0.5, 0.6) is 0 Å². The monoisotopic (exact) mass is 346 g/mol. The molecule has 0 bridgehead atoms. The molecule has 0 spiro atoms. The average Bonchev–Trinajstić information content (AvgIpc) is 2.45. The Labute approximate surface area is 135 Å². The van der Waals surface area contributed by atoms with E-state index in [1.165, 1.54) is 6.08 Å². The average molecular weight is 347 g/mol. The highest BCUT2D eigenvalue weighted by Crippen LogP contribution is 2.16. The van der Waals surface area contributed by atoms with Crippen molar-refractivity contribution in [2.45, 2.75) is 44.9 Å². The first-order chi connectivity index (χ1) is 10.2. The number of aliphatic carboxylic acids is 1. The van der Waals surface area contributed by atoms with Gasteiger partial charge in [0.1, 0.15) is 0 Å². The summed E-state index contributed by atoms with van der Waals surface area (Å²) in [7, 11) is 0. The molecule has 0 rings (SSSR count). The maximum atomic E-state index is 10.3. The highest BCUT2D eigenvalue weighted by Gasteiger charge is 1.96. The van der Waals surface area contributed by atoms with Crippen molar-refractivity contribution in [2.75, 3.05) is 0 Å². The predicted octanol–water partition coefficient (Wildman–Crippen LogP) is 4.28. The van der Waals surface area contributed by atoms with E-state index >= 15 is 0 Å². The van der Waals surface area contributed by atoms with Crippen LogP contribution >= 0.6 is 15.9 Å². The minimum absolute atomic E-state index is 0.226. The van der Waals surface area contributed by atoms with Crippen LogP contribution in [-0.4, -0.2) is 11.1 Å². The molecular formula is C18H19BrO2. The molecule has 1 N–H and O–H groups in total. The normalized spacial score (nSPS) is 10.2. The zero-order chi connectivity index (χ0) is 15.8. The van der Waals surface area contributed by atoms with Gasteiger partial charge in [-0.15, -0.1) is 6.42 Å². The van der Waals surface area contributed by atoms with Crippen molar-refractivity contribution in [3.05, 3.63) is 22.7 Å². The molecule has 0 fully saturated rings. The molecule has 0 aliphatic carbocycles. The molecule has 2 nitrogen and oxygen atoms in total. The van der Waals surface area contributed by atoms with Gasteiger partial charge in [0, 0.05) is 12.8 Å². The van der Waals surface area contributed by atoms with Crippen LogP contribution in [0.3, 0.4) is 0 Å². The van der Waals surface area contributed by atoms with E-state index in [4.69, 9.17) is 11.5 Å². The second-order valence-electron chi connectivity index (χ2n) is 4.22. The van der Waals surface area contributed by atoms with E-state index < -0.39 is 5.97 Å². The summed E-state index contributed by atoms with van der Waals surface area (Å²) in [6.45, 7) is 0. The van der Waals surface area contributed by atoms with Crippen molar-refractivity contribution in [1.29, 1.82) is 0 Å². The smallest absolute Gasteiger partial charge is 0.303 e. The van der Waals surface area contributed by atoms with Crippen LogP contribution in [0.1, 0.15) is 44.9 Å². The van der Waals surface area contributed by atoms with Crippen molar-refractivity contribution in [1.82, 2.24) is 0 Å². The number of halogens is 1. The van der Waals surface area contributed by atoms with Crippen molar-refractivity contribution >= 4 is 21.9 Å². The molecule has 0 heterocycles. The van der Waals surface area contributed by atoms with E-state index in [-0.39, 0.29) is 6.42 Å². The van der Waals surface area contributed by atoms with Crippen LogP contribution in [0.25, 0.3) is 0 Å². The maximum absolute atomic E-state index is 10.3. The van der Waals surface area contributed by atoms with Crippen LogP contribution in [0.2, 0.25) is 0 Å². The van der Waals surface area contributed by atoms with Gasteiger partial charge >= 0.3 is 5.97 Å². The number of terminal acetylenes is 1. The Morgan fingerprint density at radius 2 is 1.95 bits per heavy atom. The molecule has 0 amide bonds. The lowest BCUT2D eigenvalue weighted by Crippen LogP contribution is -1.92. The molecule has 0 saturated carbocycles. The molecule has 21 heavy (non-hydrogen) atoms. The van der Waals surface area contributed by atoms with E-state index in [2.05, 4.69) is 51.6 Å². The third-order valence-electron chi connectivity index (χ3n) is 2.41. The summed E-state index contributed by atoms with van der Waals surface area (Å²) in [6.07, 6.45) is 15.8. The van der Waals surface area contributed by atoms with Crippen LogP contribution in [0, 0.1) is 36.0 Å². The van der Waals surface area contributed by atoms with Gasteiger partial charge in [-0.2, -0.15) is 0 Å². The molecule has 0 aromatic rings. The summed E-state index contributed by atoms with van der Waals surface area (Å²) in [5.74, 6) is 12.8. The molecule has 0 aliphatic rings. The lowest BCUT2D eigenvalue weighted by molar-refractivity contribution is -0.137. The van der Waals surface area contributed by atoms with E-state index in [1.54, 1.807) is 6.08 Å². The summed E-state index contributed by atoms with van der Waals surface area (Å²) in [4.78, 5) is 10.3. The van der Waals surface area contributed by atoms with Crippen LogP contribution < -0.4 is 0 Å². The maximum Gasteiger partial charge on any atom is 0.303 e. The number of carboxylic acid groups (broad SMARTS) is 1. The Balaban J connectivity index is 3.66. The summed E-state index contributed by atoms with van der Waals surface area (Å²) >= 11 is 3.49. The number of unbranched alkanes of at least 4 members (excludes halogenated alkanes) is 3. The van der Waals surface area contributed by atoms with Gasteiger partial charge < -0.3 is 5.11 Å². The number of rotatable bonds is 8. The summed E-state index contributed by atoms with van der Waals surface area (Å²) < 4.78 is 1.14. The molecule has 0 unspecified atom stereocenters. The van der Waals surface area contributed by atoms with Crippen LogP contribution in [0.4, 0.5) is 0 Å². The molecule has 0 aromatic heterocycles. The highest BCUT2D eigenvalue weighted by molar-refractivity contribution is 9.11. The Hall–Kier alpha value is -1.89. The minimum atomic E-state index is -0.740. The van der Waals surface area contributed by atoms with Gasteiger partial charge in [-0.25, -0.2) is 0 Å². The van der Waals surface area contributed by atoms with Gasteiger partial charge in [0.2, 0.25) is 0 Å². The van der Waals surface area contributed by atoms with Gasteiger partial charge in [0.05, 0.1) is 0 Å². The lowest BCUT2D eigenvalue weighted by atomic mass is 10.1. The summed E-state index contributed by atoms with van der Waals surface area (Å²) in [5.41, 5.74) is 0. The Morgan fingerprint density at radius 3 is 2.67 bits per heavy atom. The van der Waals surface area contributed by atoms with Gasteiger partial charge in [-0.05, 0) is 60.6 Å². The quantitative estimate of drug-likeness (QED) is 0.526. The summed E-state index contributed by atoms with van der Waals surface area (Å²) in [5, 5.41) is 8.52. The van der Waals surface area contributed by atoms with Crippen molar-refractivity contribution in [3.63, 3.8) is 0 Å². The van der Waals surface area contributed by atoms with E-state index in [0.29, 0.717) is 6.42 Å². The first-order valence-corrected chi connectivity index (χ1v) is 7.62. The predicted molar refractivity (Wildman–Crippen MR) is 90.5 cm³/mol. The van der Waals surface area contributed by atoms with Crippen LogP contribution in [0.15, 0.2) is 22.7 Å². The van der Waals surface area contributed by atoms with Crippen molar-refractivity contribution < 1.29 is 9.90 Å². The van der Waals surface area contributed by atoms with Gasteiger partial charge in [0.15, 0.2) is 0 Å². The zero-order valence-electron chi connectivity index (χ0n) is 12.0. The number of allylic oxidation sites excluding steroid dienone is 4. The lowest BCUT2D eigenvalue weighted by Gasteiger charge is -1.98. The SMILES string of the molecule is C#CC=CC#CC#CCCCCC(Br)=CCCCC(=O)O. The first-order valence-electron chi connectivity index (χ1n) is 6.82. The fourth-order valence-electron chi connectivity index (χ4n) is 1.40. The van der Waals surface area contributed by atoms with Gasteiger partial charge in [-0.3, -0.25) is 4.79 Å². The second-order valence-corrected chi connectivity index (χ2v) is 5.23. The van der Waals surface area contributed by atoms with E-state index in [0.717, 1.165) is 36.6 Å². The Morgan fingerprint density at radius 1 is 1.14 bits per heavy atom. The van der Waals surface area contributed by atoms with E-state index in [1.807, 2.05) is 0 Å². The third-order valence-corrected chi connectivity index (χ3v) is 3.13. The van der Waals surface area contributed by atoms with Crippen molar-refractivity contribution in [3.8, 4) is 36.0 Å². The molecule has 0 atom stereocenters. The Bertz CT molecular complexity index is 528. The molecule has 0 radical (unpaired) electrons. The molecule has 3 heteroatoms. The fourth-order valence-corrected chi connectivity index (χ4v) is 1.90. The third kappa shape index (κ3) is 16.1. The molecule has 0 aliphatic heterocycles.